The fraction of sp³-hybridized carbons (Fsp3) is 0.0500. The molecule has 2 N–H and O–H groups in total. The van der Waals surface area contributed by atoms with Crippen LogP contribution in [-0.4, -0.2) is 16.8 Å². The lowest BCUT2D eigenvalue weighted by molar-refractivity contribution is -0.114. The quantitative estimate of drug-likeness (QED) is 0.469. The van der Waals surface area contributed by atoms with Crippen molar-refractivity contribution in [3.05, 3.63) is 65.4 Å². The first kappa shape index (κ1) is 18.2. The van der Waals surface area contributed by atoms with Crippen LogP contribution in [0.15, 0.2) is 59.0 Å². The van der Waals surface area contributed by atoms with Crippen LogP contribution in [0.3, 0.4) is 0 Å². The van der Waals surface area contributed by atoms with Crippen LogP contribution in [0.5, 0.6) is 0 Å². The van der Waals surface area contributed by atoms with Crippen LogP contribution in [0.2, 0.25) is 5.02 Å². The number of nitrogens with one attached hydrogen (secondary N) is 2. The van der Waals surface area contributed by atoms with Crippen molar-refractivity contribution in [3.63, 3.8) is 0 Å². The van der Waals surface area contributed by atoms with Gasteiger partial charge in [0.25, 0.3) is 5.91 Å². The summed E-state index contributed by atoms with van der Waals surface area (Å²) in [6.07, 6.45) is 0. The maximum Gasteiger partial charge on any atom is 0.293 e. The van der Waals surface area contributed by atoms with E-state index in [1.807, 2.05) is 24.3 Å². The number of fused-ring (bicyclic) bond motifs is 1. The minimum absolute atomic E-state index is 0.149. The maximum atomic E-state index is 12.5. The first-order valence-electron chi connectivity index (χ1n) is 8.34. The molecule has 0 unspecified atom stereocenters. The van der Waals surface area contributed by atoms with Gasteiger partial charge in [0.2, 0.25) is 5.91 Å². The van der Waals surface area contributed by atoms with Gasteiger partial charge in [0.15, 0.2) is 10.9 Å². The number of hydrogen-bond acceptors (Lipinski definition) is 5. The summed E-state index contributed by atoms with van der Waals surface area (Å²) in [5.74, 6) is 0.122. The van der Waals surface area contributed by atoms with Crippen LogP contribution in [0.4, 0.5) is 10.8 Å². The molecule has 0 fully saturated rings. The molecule has 6 nitrogen and oxygen atoms in total. The molecule has 0 radical (unpaired) electrons. The number of halogens is 1. The Kier molecular flexibility index (Phi) is 4.85. The summed E-state index contributed by atoms with van der Waals surface area (Å²) in [5, 5.41) is 6.45. The van der Waals surface area contributed by atoms with Gasteiger partial charge in [-0.05, 0) is 42.5 Å². The number of rotatable bonds is 4. The summed E-state index contributed by atoms with van der Waals surface area (Å²) in [5.41, 5.74) is 2.12. The van der Waals surface area contributed by atoms with Gasteiger partial charge in [0, 0.05) is 18.2 Å². The highest BCUT2D eigenvalue weighted by molar-refractivity contribution is 7.22. The Morgan fingerprint density at radius 2 is 1.89 bits per heavy atom. The minimum Gasteiger partial charge on any atom is -0.451 e. The highest BCUT2D eigenvalue weighted by Crippen LogP contribution is 2.31. The van der Waals surface area contributed by atoms with Gasteiger partial charge in [-0.3, -0.25) is 14.9 Å². The van der Waals surface area contributed by atoms with Crippen LogP contribution in [-0.2, 0) is 4.79 Å². The smallest absolute Gasteiger partial charge is 0.293 e. The number of amides is 2. The summed E-state index contributed by atoms with van der Waals surface area (Å²) in [6.45, 7) is 1.45. The number of carbonyl (C=O) groups excluding carboxylic acids is 2. The van der Waals surface area contributed by atoms with E-state index in [9.17, 15) is 9.59 Å². The zero-order chi connectivity index (χ0) is 19.7. The summed E-state index contributed by atoms with van der Waals surface area (Å²) in [4.78, 5) is 28.1. The van der Waals surface area contributed by atoms with Crippen LogP contribution in [0, 0.1) is 0 Å². The average molecular weight is 412 g/mol. The third-order valence-electron chi connectivity index (χ3n) is 3.90. The van der Waals surface area contributed by atoms with Crippen molar-refractivity contribution >= 4 is 55.8 Å². The summed E-state index contributed by atoms with van der Waals surface area (Å²) >= 11 is 7.48. The standard InChI is InChI=1S/C20H14ClN3O3S/c1-11(25)22-12-6-7-15-18(10-12)28-20(23-15)24-19(26)17-9-8-16(27-17)13-4-2-3-5-14(13)21/h2-10H,1H3,(H,22,25)(H,23,24,26). The SMILES string of the molecule is CC(=O)Nc1ccc2nc(NC(=O)c3ccc(-c4ccccc4Cl)o3)sc2c1. The van der Waals surface area contributed by atoms with Crippen LogP contribution in [0.1, 0.15) is 17.5 Å². The molecule has 0 aliphatic rings. The van der Waals surface area contributed by atoms with Gasteiger partial charge in [-0.2, -0.15) is 0 Å². The largest absolute Gasteiger partial charge is 0.451 e. The van der Waals surface area contributed by atoms with Gasteiger partial charge in [0.1, 0.15) is 5.76 Å². The molecule has 2 amide bonds. The van der Waals surface area contributed by atoms with E-state index in [-0.39, 0.29) is 11.7 Å². The van der Waals surface area contributed by atoms with Crippen molar-refractivity contribution in [2.75, 3.05) is 10.6 Å². The molecule has 0 atom stereocenters. The molecular formula is C20H14ClN3O3S. The molecule has 0 aliphatic carbocycles. The fourth-order valence-electron chi connectivity index (χ4n) is 2.68. The number of nitrogens with zero attached hydrogens (tertiary/aromatic N) is 1. The molecule has 0 saturated heterocycles. The predicted octanol–water partition coefficient (Wildman–Crippen LogP) is 5.42. The van der Waals surface area contributed by atoms with E-state index in [4.69, 9.17) is 16.0 Å². The third-order valence-corrected chi connectivity index (χ3v) is 5.16. The highest BCUT2D eigenvalue weighted by Gasteiger charge is 2.16. The number of thiazole rings is 1. The fourth-order valence-corrected chi connectivity index (χ4v) is 3.81. The number of anilines is 2. The Bertz CT molecular complexity index is 1200. The molecular weight excluding hydrogens is 398 g/mol. The lowest BCUT2D eigenvalue weighted by Gasteiger charge is -2.00. The molecule has 28 heavy (non-hydrogen) atoms. The van der Waals surface area contributed by atoms with E-state index >= 15 is 0 Å². The molecule has 0 aliphatic heterocycles. The van der Waals surface area contributed by atoms with Gasteiger partial charge in [-0.25, -0.2) is 4.98 Å². The molecule has 4 rings (SSSR count). The summed E-state index contributed by atoms with van der Waals surface area (Å²) in [6, 6.07) is 15.9. The lowest BCUT2D eigenvalue weighted by Crippen LogP contribution is -2.10. The molecule has 140 valence electrons. The topological polar surface area (TPSA) is 84.2 Å². The second-order valence-corrected chi connectivity index (χ2v) is 7.42. The van der Waals surface area contributed by atoms with Crippen molar-refractivity contribution in [2.45, 2.75) is 6.92 Å². The van der Waals surface area contributed by atoms with Gasteiger partial charge in [-0.1, -0.05) is 35.1 Å². The summed E-state index contributed by atoms with van der Waals surface area (Å²) in [7, 11) is 0. The second kappa shape index (κ2) is 7.46. The van der Waals surface area contributed by atoms with Gasteiger partial charge in [-0.15, -0.1) is 0 Å². The summed E-state index contributed by atoms with van der Waals surface area (Å²) < 4.78 is 6.50. The first-order valence-corrected chi connectivity index (χ1v) is 9.53. The van der Waals surface area contributed by atoms with Crippen molar-refractivity contribution < 1.29 is 14.0 Å². The Hall–Kier alpha value is -3.16. The molecule has 2 aromatic heterocycles. The monoisotopic (exact) mass is 411 g/mol. The normalized spacial score (nSPS) is 10.8. The molecule has 2 aromatic carbocycles. The highest BCUT2D eigenvalue weighted by atomic mass is 35.5. The van der Waals surface area contributed by atoms with Gasteiger partial charge in [0.05, 0.1) is 15.2 Å². The molecule has 0 bridgehead atoms. The third kappa shape index (κ3) is 3.76. The average Bonchev–Trinajstić information content (AvgIpc) is 3.28. The molecule has 4 aromatic rings. The van der Waals surface area contributed by atoms with Crippen LogP contribution < -0.4 is 10.6 Å². The molecule has 0 saturated carbocycles. The Balaban J connectivity index is 1.54. The van der Waals surface area contributed by atoms with E-state index in [2.05, 4.69) is 15.6 Å². The molecule has 2 heterocycles. The first-order chi connectivity index (χ1) is 13.5. The van der Waals surface area contributed by atoms with Crippen LogP contribution in [0.25, 0.3) is 21.5 Å². The molecule has 8 heteroatoms. The number of benzene rings is 2. The minimum atomic E-state index is -0.403. The Morgan fingerprint density at radius 1 is 1.07 bits per heavy atom. The zero-order valence-corrected chi connectivity index (χ0v) is 16.2. The van der Waals surface area contributed by atoms with Crippen molar-refractivity contribution in [1.29, 1.82) is 0 Å². The van der Waals surface area contributed by atoms with Gasteiger partial charge < -0.3 is 9.73 Å². The van der Waals surface area contributed by atoms with Crippen molar-refractivity contribution in [1.82, 2.24) is 4.98 Å². The van der Waals surface area contributed by atoms with E-state index in [1.165, 1.54) is 18.3 Å². The van der Waals surface area contributed by atoms with E-state index < -0.39 is 5.91 Å². The number of hydrogen-bond donors (Lipinski definition) is 2. The predicted molar refractivity (Wildman–Crippen MR) is 111 cm³/mol. The second-order valence-electron chi connectivity index (χ2n) is 5.98. The van der Waals surface area contributed by atoms with Crippen molar-refractivity contribution in [3.8, 4) is 11.3 Å². The van der Waals surface area contributed by atoms with Crippen LogP contribution >= 0.6 is 22.9 Å². The number of carbonyl (C=O) groups is 2. The lowest BCUT2D eigenvalue weighted by atomic mass is 10.2. The van der Waals surface area contributed by atoms with E-state index in [0.29, 0.717) is 27.2 Å². The maximum absolute atomic E-state index is 12.5. The van der Waals surface area contributed by atoms with Crippen molar-refractivity contribution in [2.24, 2.45) is 0 Å². The zero-order valence-electron chi connectivity index (χ0n) is 14.7. The Morgan fingerprint density at radius 3 is 2.68 bits per heavy atom. The number of aromatic nitrogens is 1. The van der Waals surface area contributed by atoms with E-state index in [0.717, 1.165) is 10.2 Å². The Labute approximate surface area is 169 Å². The van der Waals surface area contributed by atoms with E-state index in [1.54, 1.807) is 30.3 Å². The van der Waals surface area contributed by atoms with Gasteiger partial charge >= 0.3 is 0 Å². The number of furan rings is 1. The molecule has 0 spiro atoms.